The summed E-state index contributed by atoms with van der Waals surface area (Å²) in [5, 5.41) is 10.6. The molecule has 0 fully saturated rings. The number of unbranched alkanes of at least 4 members (excludes halogenated alkanes) is 39. The van der Waals surface area contributed by atoms with Crippen LogP contribution in [0.3, 0.4) is 0 Å². The number of hydrogen-bond donors (Lipinski definition) is 3. The number of phosphoric ester groups is 2. The Kier molecular flexibility index (Phi) is 59.2. The fraction of sp³-hybridized carbons (Fsp3) is 0.940. The molecule has 0 aliphatic heterocycles. The molecular weight excluding hydrogens is 1140 g/mol. The van der Waals surface area contributed by atoms with Gasteiger partial charge in [0.15, 0.2) is 12.2 Å². The lowest BCUT2D eigenvalue weighted by Gasteiger charge is -2.21. The van der Waals surface area contributed by atoms with Crippen molar-refractivity contribution in [3.05, 3.63) is 0 Å². The molecule has 0 radical (unpaired) electrons. The van der Waals surface area contributed by atoms with Gasteiger partial charge in [-0.3, -0.25) is 37.3 Å². The Morgan fingerprint density at radius 3 is 0.791 bits per heavy atom. The largest absolute Gasteiger partial charge is 0.472 e. The summed E-state index contributed by atoms with van der Waals surface area (Å²) in [6, 6.07) is 0. The molecule has 0 saturated heterocycles. The number of esters is 4. The van der Waals surface area contributed by atoms with Gasteiger partial charge in [-0.05, 0) is 31.6 Å². The molecule has 19 heteroatoms. The molecule has 86 heavy (non-hydrogen) atoms. The highest BCUT2D eigenvalue weighted by Crippen LogP contribution is 2.45. The number of hydrogen-bond acceptors (Lipinski definition) is 15. The first kappa shape index (κ1) is 84.1. The van der Waals surface area contributed by atoms with Crippen molar-refractivity contribution in [3.63, 3.8) is 0 Å². The van der Waals surface area contributed by atoms with Gasteiger partial charge in [-0.25, -0.2) is 9.13 Å². The number of rotatable bonds is 67. The summed E-state index contributed by atoms with van der Waals surface area (Å²) < 4.78 is 68.1. The molecule has 5 atom stereocenters. The van der Waals surface area contributed by atoms with E-state index in [0.717, 1.165) is 109 Å². The van der Waals surface area contributed by atoms with Crippen molar-refractivity contribution in [2.75, 3.05) is 39.6 Å². The molecule has 0 rings (SSSR count). The average Bonchev–Trinajstić information content (AvgIpc) is 3.69. The number of ether oxygens (including phenoxy) is 4. The van der Waals surface area contributed by atoms with E-state index >= 15 is 0 Å². The highest BCUT2D eigenvalue weighted by molar-refractivity contribution is 7.47. The third-order valence-electron chi connectivity index (χ3n) is 15.5. The first-order valence-corrected chi connectivity index (χ1v) is 38.1. The topological polar surface area (TPSA) is 237 Å². The first-order chi connectivity index (χ1) is 41.5. The number of phosphoric acid groups is 2. The van der Waals surface area contributed by atoms with Gasteiger partial charge in [0.1, 0.15) is 19.3 Å². The first-order valence-electron chi connectivity index (χ1n) is 35.1. The van der Waals surface area contributed by atoms with Crippen molar-refractivity contribution in [2.45, 2.75) is 361 Å². The molecule has 0 saturated carbocycles. The van der Waals surface area contributed by atoms with Gasteiger partial charge in [0.2, 0.25) is 0 Å². The second kappa shape index (κ2) is 60.6. The van der Waals surface area contributed by atoms with E-state index in [1.807, 2.05) is 0 Å². The monoisotopic (exact) mass is 1270 g/mol. The van der Waals surface area contributed by atoms with Crippen molar-refractivity contribution < 1.29 is 80.2 Å². The van der Waals surface area contributed by atoms with Crippen LogP contribution in [-0.2, 0) is 65.4 Å². The second-order valence-corrected chi connectivity index (χ2v) is 27.6. The van der Waals surface area contributed by atoms with Gasteiger partial charge in [-0.2, -0.15) is 0 Å². The molecule has 17 nitrogen and oxygen atoms in total. The zero-order valence-corrected chi connectivity index (χ0v) is 57.2. The lowest BCUT2D eigenvalue weighted by molar-refractivity contribution is -0.161. The predicted molar refractivity (Wildman–Crippen MR) is 345 cm³/mol. The lowest BCUT2D eigenvalue weighted by Crippen LogP contribution is -2.30. The van der Waals surface area contributed by atoms with E-state index in [1.54, 1.807) is 0 Å². The van der Waals surface area contributed by atoms with Gasteiger partial charge in [-0.1, -0.05) is 291 Å². The van der Waals surface area contributed by atoms with Crippen LogP contribution in [0.15, 0.2) is 0 Å². The minimum Gasteiger partial charge on any atom is -0.462 e. The Morgan fingerprint density at radius 2 is 0.535 bits per heavy atom. The van der Waals surface area contributed by atoms with Gasteiger partial charge in [0.05, 0.1) is 26.4 Å². The van der Waals surface area contributed by atoms with Crippen LogP contribution in [0.2, 0.25) is 0 Å². The maximum Gasteiger partial charge on any atom is 0.472 e. The molecule has 0 aromatic carbocycles. The van der Waals surface area contributed by atoms with Crippen LogP contribution in [-0.4, -0.2) is 96.7 Å². The van der Waals surface area contributed by atoms with E-state index in [1.165, 1.54) is 154 Å². The standard InChI is InChI=1S/C67H130O17P2/c1-6-9-12-15-18-20-22-24-26-31-36-41-46-51-65(70)78-57-63(84-67(72)53-48-43-38-33-29-28-30-35-39-44-49-60(4)5)59-82-86(75,76)80-55-61(68)54-79-85(73,74)81-58-62(56-77-64(69)50-45-40-34-17-14-11-8-3)83-66(71)52-47-42-37-32-27-25-23-21-19-16-13-10-7-2/h60-63,68H,6-59H2,1-5H3,(H,73,74)(H,75,76)/t61-,62+,63+/m0/s1. The van der Waals surface area contributed by atoms with Crippen LogP contribution in [0.1, 0.15) is 343 Å². The summed E-state index contributed by atoms with van der Waals surface area (Å²) in [4.78, 5) is 72.3. The van der Waals surface area contributed by atoms with E-state index < -0.39 is 97.5 Å². The minimum absolute atomic E-state index is 0.106. The van der Waals surface area contributed by atoms with Crippen molar-refractivity contribution in [1.29, 1.82) is 0 Å². The Labute approximate surface area is 524 Å². The van der Waals surface area contributed by atoms with E-state index in [4.69, 9.17) is 37.0 Å². The maximum atomic E-state index is 13.0. The smallest absolute Gasteiger partial charge is 0.462 e. The van der Waals surface area contributed by atoms with Gasteiger partial charge >= 0.3 is 39.5 Å². The molecule has 0 aromatic heterocycles. The van der Waals surface area contributed by atoms with E-state index in [0.29, 0.717) is 25.7 Å². The third kappa shape index (κ3) is 60.9. The van der Waals surface area contributed by atoms with Crippen molar-refractivity contribution in [1.82, 2.24) is 0 Å². The SMILES string of the molecule is CCCCCCCCCCCCCCCC(=O)OC[C@H](COP(=O)(O)OC[C@@H](O)COP(=O)(O)OC[C@@H](COC(=O)CCCCCCCCC)OC(=O)CCCCCCCCCCCCCCC)OC(=O)CCCCCCCCCCCCC(C)C. The molecule has 0 amide bonds. The lowest BCUT2D eigenvalue weighted by atomic mass is 10.0. The Balaban J connectivity index is 5.21. The molecule has 0 heterocycles. The van der Waals surface area contributed by atoms with Gasteiger partial charge in [0.25, 0.3) is 0 Å². The summed E-state index contributed by atoms with van der Waals surface area (Å²) in [7, 11) is -9.89. The highest BCUT2D eigenvalue weighted by Gasteiger charge is 2.30. The van der Waals surface area contributed by atoms with Crippen LogP contribution >= 0.6 is 15.6 Å². The maximum absolute atomic E-state index is 13.0. The van der Waals surface area contributed by atoms with Gasteiger partial charge in [-0.15, -0.1) is 0 Å². The molecular formula is C67H130O17P2. The minimum atomic E-state index is -4.95. The van der Waals surface area contributed by atoms with Crippen molar-refractivity contribution in [3.8, 4) is 0 Å². The van der Waals surface area contributed by atoms with Crippen LogP contribution in [0.4, 0.5) is 0 Å². The Morgan fingerprint density at radius 1 is 0.314 bits per heavy atom. The normalized spacial score (nSPS) is 14.2. The fourth-order valence-electron chi connectivity index (χ4n) is 10.1. The zero-order chi connectivity index (χ0) is 63.5. The molecule has 0 bridgehead atoms. The summed E-state index contributed by atoms with van der Waals surface area (Å²) in [6.07, 6.45) is 45.8. The second-order valence-electron chi connectivity index (χ2n) is 24.7. The molecule has 510 valence electrons. The van der Waals surface area contributed by atoms with Crippen LogP contribution < -0.4 is 0 Å². The summed E-state index contributed by atoms with van der Waals surface area (Å²) in [5.74, 6) is -1.38. The van der Waals surface area contributed by atoms with E-state index in [2.05, 4.69) is 34.6 Å². The molecule has 0 spiro atoms. The molecule has 0 aliphatic carbocycles. The Hall–Kier alpha value is -1.94. The van der Waals surface area contributed by atoms with Crippen LogP contribution in [0.25, 0.3) is 0 Å². The third-order valence-corrected chi connectivity index (χ3v) is 17.4. The number of aliphatic hydroxyl groups is 1. The molecule has 0 aromatic rings. The molecule has 3 N–H and O–H groups in total. The number of carbonyl (C=O) groups is 4. The van der Waals surface area contributed by atoms with E-state index in [9.17, 15) is 43.2 Å². The average molecular weight is 1270 g/mol. The fourth-order valence-corrected chi connectivity index (χ4v) is 11.7. The summed E-state index contributed by atoms with van der Waals surface area (Å²) >= 11 is 0. The summed E-state index contributed by atoms with van der Waals surface area (Å²) in [5.41, 5.74) is 0. The van der Waals surface area contributed by atoms with Crippen molar-refractivity contribution in [2.24, 2.45) is 5.92 Å². The zero-order valence-electron chi connectivity index (χ0n) is 55.4. The predicted octanol–water partition coefficient (Wildman–Crippen LogP) is 19.0. The summed E-state index contributed by atoms with van der Waals surface area (Å²) in [6.45, 7) is 7.18. The van der Waals surface area contributed by atoms with Gasteiger partial charge in [0, 0.05) is 25.7 Å². The number of aliphatic hydroxyl groups excluding tert-OH is 1. The van der Waals surface area contributed by atoms with Crippen LogP contribution in [0, 0.1) is 5.92 Å². The highest BCUT2D eigenvalue weighted by atomic mass is 31.2. The van der Waals surface area contributed by atoms with E-state index in [-0.39, 0.29) is 25.7 Å². The molecule has 2 unspecified atom stereocenters. The van der Waals surface area contributed by atoms with Crippen LogP contribution in [0.5, 0.6) is 0 Å². The molecule has 0 aliphatic rings. The van der Waals surface area contributed by atoms with Gasteiger partial charge < -0.3 is 33.8 Å². The number of carbonyl (C=O) groups excluding carboxylic acids is 4. The quantitative estimate of drug-likeness (QED) is 0.0222. The Bertz CT molecular complexity index is 1670. The van der Waals surface area contributed by atoms with Crippen molar-refractivity contribution >= 4 is 39.5 Å².